The second-order valence-electron chi connectivity index (χ2n) is 2.31. The van der Waals surface area contributed by atoms with E-state index in [-0.39, 0.29) is 6.04 Å². The molecule has 0 bridgehead atoms. The van der Waals surface area contributed by atoms with Crippen molar-refractivity contribution in [1.29, 1.82) is 0 Å². The summed E-state index contributed by atoms with van der Waals surface area (Å²) < 4.78 is 25.5. The van der Waals surface area contributed by atoms with E-state index in [1.807, 2.05) is 0 Å². The third-order valence-electron chi connectivity index (χ3n) is 1.60. The quantitative estimate of drug-likeness (QED) is 0.568. The van der Waals surface area contributed by atoms with Crippen molar-refractivity contribution in [2.24, 2.45) is 5.73 Å². The van der Waals surface area contributed by atoms with Gasteiger partial charge in [-0.15, -0.1) is 0 Å². The molecule has 0 aliphatic heterocycles. The van der Waals surface area contributed by atoms with Crippen molar-refractivity contribution < 1.29 is 8.42 Å². The first kappa shape index (κ1) is 10.8. The molecule has 0 aliphatic rings. The van der Waals surface area contributed by atoms with Crippen LogP contribution in [-0.2, 0) is 10.2 Å². The number of hydrogen-bond acceptors (Lipinski definition) is 3. The number of likely N-dealkylation sites (N-methyl/N-ethyl adjacent to an activating group) is 1. The van der Waals surface area contributed by atoms with E-state index in [2.05, 4.69) is 4.72 Å². The molecule has 0 aromatic rings. The first-order valence-electron chi connectivity index (χ1n) is 3.32. The average Bonchev–Trinajstić information content (AvgIpc) is 2.01. The molecule has 0 aromatic carbocycles. The van der Waals surface area contributed by atoms with Crippen LogP contribution in [0.15, 0.2) is 0 Å². The maximum absolute atomic E-state index is 11.1. The lowest BCUT2D eigenvalue weighted by atomic mass is 10.4. The van der Waals surface area contributed by atoms with Crippen LogP contribution in [-0.4, -0.2) is 39.4 Å². The SMILES string of the molecule is CNS(=O)(=O)N(C)[C@H](C)CN. The fourth-order valence-corrected chi connectivity index (χ4v) is 1.38. The van der Waals surface area contributed by atoms with Gasteiger partial charge in [0.1, 0.15) is 0 Å². The Morgan fingerprint density at radius 1 is 1.64 bits per heavy atom. The summed E-state index contributed by atoms with van der Waals surface area (Å²) in [5.74, 6) is 0. The fourth-order valence-electron chi connectivity index (χ4n) is 0.529. The van der Waals surface area contributed by atoms with Crippen LogP contribution < -0.4 is 10.5 Å². The van der Waals surface area contributed by atoms with Gasteiger partial charge in [0.05, 0.1) is 0 Å². The van der Waals surface area contributed by atoms with Gasteiger partial charge in [-0.3, -0.25) is 0 Å². The van der Waals surface area contributed by atoms with Gasteiger partial charge in [-0.25, -0.2) is 4.72 Å². The molecule has 1 atom stereocenters. The second-order valence-corrected chi connectivity index (χ2v) is 4.24. The highest BCUT2D eigenvalue weighted by molar-refractivity contribution is 7.87. The molecule has 0 saturated carbocycles. The Kier molecular flexibility index (Phi) is 3.95. The third kappa shape index (κ3) is 2.74. The summed E-state index contributed by atoms with van der Waals surface area (Å²) >= 11 is 0. The van der Waals surface area contributed by atoms with Crippen LogP contribution in [0.1, 0.15) is 6.92 Å². The Bertz CT molecular complexity index is 202. The minimum atomic E-state index is -3.31. The van der Waals surface area contributed by atoms with Crippen LogP contribution >= 0.6 is 0 Å². The topological polar surface area (TPSA) is 75.4 Å². The number of rotatable bonds is 4. The van der Waals surface area contributed by atoms with Crippen LogP contribution in [0.2, 0.25) is 0 Å². The summed E-state index contributed by atoms with van der Waals surface area (Å²) in [4.78, 5) is 0. The number of nitrogens with two attached hydrogens (primary N) is 1. The molecular formula is C5H15N3O2S. The Morgan fingerprint density at radius 2 is 2.09 bits per heavy atom. The summed E-state index contributed by atoms with van der Waals surface area (Å²) in [5.41, 5.74) is 5.29. The highest BCUT2D eigenvalue weighted by atomic mass is 32.2. The molecule has 0 rings (SSSR count). The minimum absolute atomic E-state index is 0.174. The van der Waals surface area contributed by atoms with E-state index >= 15 is 0 Å². The molecule has 0 aliphatic carbocycles. The molecule has 0 radical (unpaired) electrons. The van der Waals surface area contributed by atoms with Crippen molar-refractivity contribution in [2.75, 3.05) is 20.6 Å². The van der Waals surface area contributed by atoms with Gasteiger partial charge < -0.3 is 5.73 Å². The lowest BCUT2D eigenvalue weighted by Gasteiger charge is -2.21. The molecular weight excluding hydrogens is 166 g/mol. The predicted octanol–water partition coefficient (Wildman–Crippen LogP) is -1.27. The van der Waals surface area contributed by atoms with Crippen molar-refractivity contribution in [3.63, 3.8) is 0 Å². The lowest BCUT2D eigenvalue weighted by molar-refractivity contribution is 0.390. The molecule has 11 heavy (non-hydrogen) atoms. The minimum Gasteiger partial charge on any atom is -0.329 e. The van der Waals surface area contributed by atoms with Crippen molar-refractivity contribution in [1.82, 2.24) is 9.03 Å². The van der Waals surface area contributed by atoms with Gasteiger partial charge in [0.25, 0.3) is 10.2 Å². The van der Waals surface area contributed by atoms with Gasteiger partial charge in [-0.05, 0) is 6.92 Å². The molecule has 0 spiro atoms. The Morgan fingerprint density at radius 3 is 2.36 bits per heavy atom. The zero-order valence-electron chi connectivity index (χ0n) is 7.03. The van der Waals surface area contributed by atoms with Crippen LogP contribution in [0.25, 0.3) is 0 Å². The molecule has 0 saturated heterocycles. The van der Waals surface area contributed by atoms with Gasteiger partial charge in [-0.2, -0.15) is 12.7 Å². The molecule has 0 aromatic heterocycles. The highest BCUT2D eigenvalue weighted by Crippen LogP contribution is 1.98. The standard InChI is InChI=1S/C5H15N3O2S/c1-5(4-6)8(3)11(9,10)7-2/h5,7H,4,6H2,1-3H3/t5-/m1/s1. The van der Waals surface area contributed by atoms with E-state index in [0.717, 1.165) is 0 Å². The number of nitrogens with one attached hydrogen (secondary N) is 1. The van der Waals surface area contributed by atoms with E-state index in [1.54, 1.807) is 6.92 Å². The molecule has 68 valence electrons. The number of hydrogen-bond donors (Lipinski definition) is 2. The third-order valence-corrected chi connectivity index (χ3v) is 3.23. The van der Waals surface area contributed by atoms with Crippen molar-refractivity contribution in [3.8, 4) is 0 Å². The molecule has 0 amide bonds. The average molecular weight is 181 g/mol. The Labute approximate surface area is 67.7 Å². The smallest absolute Gasteiger partial charge is 0.279 e. The molecule has 0 heterocycles. The van der Waals surface area contributed by atoms with Crippen LogP contribution in [0.5, 0.6) is 0 Å². The predicted molar refractivity (Wildman–Crippen MR) is 44.3 cm³/mol. The zero-order valence-corrected chi connectivity index (χ0v) is 7.85. The Hall–Kier alpha value is -0.170. The molecule has 5 nitrogen and oxygen atoms in total. The second kappa shape index (κ2) is 4.01. The van der Waals surface area contributed by atoms with Crippen LogP contribution in [0.3, 0.4) is 0 Å². The largest absolute Gasteiger partial charge is 0.329 e. The normalized spacial score (nSPS) is 15.4. The van der Waals surface area contributed by atoms with E-state index in [9.17, 15) is 8.42 Å². The first-order valence-corrected chi connectivity index (χ1v) is 4.76. The van der Waals surface area contributed by atoms with Crippen LogP contribution in [0, 0.1) is 0 Å². The van der Waals surface area contributed by atoms with E-state index in [0.29, 0.717) is 6.54 Å². The van der Waals surface area contributed by atoms with E-state index in [1.165, 1.54) is 18.4 Å². The molecule has 0 fully saturated rings. The van der Waals surface area contributed by atoms with Crippen molar-refractivity contribution in [3.05, 3.63) is 0 Å². The lowest BCUT2D eigenvalue weighted by Crippen LogP contribution is -2.44. The zero-order chi connectivity index (χ0) is 9.07. The number of nitrogens with zero attached hydrogens (tertiary/aromatic N) is 1. The highest BCUT2D eigenvalue weighted by Gasteiger charge is 2.19. The van der Waals surface area contributed by atoms with Gasteiger partial charge in [0, 0.05) is 26.7 Å². The van der Waals surface area contributed by atoms with Crippen molar-refractivity contribution in [2.45, 2.75) is 13.0 Å². The summed E-state index contributed by atoms with van der Waals surface area (Å²) in [5, 5.41) is 0. The van der Waals surface area contributed by atoms with Gasteiger partial charge in [0.15, 0.2) is 0 Å². The molecule has 0 unspecified atom stereocenters. The maximum atomic E-state index is 11.1. The molecule has 3 N–H and O–H groups in total. The van der Waals surface area contributed by atoms with E-state index in [4.69, 9.17) is 5.73 Å². The maximum Gasteiger partial charge on any atom is 0.279 e. The summed E-state index contributed by atoms with van der Waals surface area (Å²) in [6, 6.07) is -0.174. The summed E-state index contributed by atoms with van der Waals surface area (Å²) in [7, 11) is -0.447. The van der Waals surface area contributed by atoms with Gasteiger partial charge in [0.2, 0.25) is 0 Å². The molecule has 6 heteroatoms. The van der Waals surface area contributed by atoms with Gasteiger partial charge >= 0.3 is 0 Å². The summed E-state index contributed by atoms with van der Waals surface area (Å²) in [6.07, 6.45) is 0. The van der Waals surface area contributed by atoms with E-state index < -0.39 is 10.2 Å². The van der Waals surface area contributed by atoms with Gasteiger partial charge in [-0.1, -0.05) is 0 Å². The summed E-state index contributed by atoms with van der Waals surface area (Å²) in [6.45, 7) is 2.06. The van der Waals surface area contributed by atoms with Crippen molar-refractivity contribution >= 4 is 10.2 Å². The van der Waals surface area contributed by atoms with Crippen LogP contribution in [0.4, 0.5) is 0 Å². The monoisotopic (exact) mass is 181 g/mol. The fraction of sp³-hybridized carbons (Fsp3) is 1.00. The Balaban J connectivity index is 4.36. The first-order chi connectivity index (χ1) is 4.95.